The molecule has 21 heavy (non-hydrogen) atoms. The first-order chi connectivity index (χ1) is 9.89. The van der Waals surface area contributed by atoms with Gasteiger partial charge in [-0.1, -0.05) is 6.07 Å². The summed E-state index contributed by atoms with van der Waals surface area (Å²) in [5, 5.41) is 9.09. The van der Waals surface area contributed by atoms with Crippen molar-refractivity contribution in [3.8, 4) is 0 Å². The van der Waals surface area contributed by atoms with Crippen molar-refractivity contribution >= 4 is 11.8 Å². The van der Waals surface area contributed by atoms with E-state index in [1.54, 1.807) is 6.07 Å². The van der Waals surface area contributed by atoms with Gasteiger partial charge in [0.25, 0.3) is 0 Å². The Morgan fingerprint density at radius 1 is 1.38 bits per heavy atom. The molecule has 0 aliphatic carbocycles. The highest BCUT2D eigenvalue weighted by atomic mass is 16.6. The van der Waals surface area contributed by atoms with Crippen LogP contribution in [0.5, 0.6) is 0 Å². The highest BCUT2D eigenvalue weighted by molar-refractivity contribution is 5.85. The number of hydrogen-bond donors (Lipinski definition) is 1. The zero-order valence-corrected chi connectivity index (χ0v) is 12.3. The van der Waals surface area contributed by atoms with Gasteiger partial charge in [0.05, 0.1) is 18.8 Å². The van der Waals surface area contributed by atoms with Gasteiger partial charge in [0.15, 0.2) is 5.69 Å². The number of carboxylic acid groups (broad SMARTS) is 1. The maximum Gasteiger partial charge on any atom is 0.354 e. The predicted molar refractivity (Wildman–Crippen MR) is 76.7 cm³/mol. The van der Waals surface area contributed by atoms with Crippen LogP contribution in [-0.4, -0.2) is 53.6 Å². The molecular formula is C15H20N2O4. The molecular weight excluding hydrogens is 272 g/mol. The molecule has 0 amide bonds. The molecule has 1 spiro atoms. The van der Waals surface area contributed by atoms with Gasteiger partial charge in [-0.3, -0.25) is 0 Å². The van der Waals surface area contributed by atoms with E-state index in [0.29, 0.717) is 32.1 Å². The maximum absolute atomic E-state index is 11.1. The lowest BCUT2D eigenvalue weighted by Gasteiger charge is -2.48. The fourth-order valence-corrected chi connectivity index (χ4v) is 3.19. The number of morpholine rings is 1. The van der Waals surface area contributed by atoms with Crippen LogP contribution in [0.4, 0.5) is 5.82 Å². The Kier molecular flexibility index (Phi) is 3.37. The number of nitrogens with zero attached hydrogens (tertiary/aromatic N) is 2. The third-order valence-electron chi connectivity index (χ3n) is 3.89. The van der Waals surface area contributed by atoms with E-state index in [1.807, 2.05) is 19.9 Å². The Morgan fingerprint density at radius 2 is 2.19 bits per heavy atom. The van der Waals surface area contributed by atoms with Crippen LogP contribution >= 0.6 is 0 Å². The smallest absolute Gasteiger partial charge is 0.354 e. The number of anilines is 1. The summed E-state index contributed by atoms with van der Waals surface area (Å²) in [5.41, 5.74) is -0.580. The summed E-state index contributed by atoms with van der Waals surface area (Å²) >= 11 is 0. The third-order valence-corrected chi connectivity index (χ3v) is 3.89. The lowest BCUT2D eigenvalue weighted by molar-refractivity contribution is -0.151. The van der Waals surface area contributed by atoms with Gasteiger partial charge >= 0.3 is 5.97 Å². The van der Waals surface area contributed by atoms with Gasteiger partial charge in [-0.2, -0.15) is 0 Å². The summed E-state index contributed by atoms with van der Waals surface area (Å²) in [6.07, 6.45) is 0.853. The molecule has 114 valence electrons. The van der Waals surface area contributed by atoms with Crippen LogP contribution < -0.4 is 4.90 Å². The Labute approximate surface area is 123 Å². The molecule has 1 aromatic rings. The lowest BCUT2D eigenvalue weighted by Crippen LogP contribution is -2.60. The first kappa shape index (κ1) is 14.3. The van der Waals surface area contributed by atoms with E-state index in [2.05, 4.69) is 9.88 Å². The molecule has 0 aromatic carbocycles. The monoisotopic (exact) mass is 292 g/mol. The van der Waals surface area contributed by atoms with Crippen molar-refractivity contribution < 1.29 is 19.4 Å². The van der Waals surface area contributed by atoms with Gasteiger partial charge in [0.1, 0.15) is 11.4 Å². The number of hydrogen-bond acceptors (Lipinski definition) is 5. The van der Waals surface area contributed by atoms with E-state index >= 15 is 0 Å². The van der Waals surface area contributed by atoms with Gasteiger partial charge < -0.3 is 19.5 Å². The van der Waals surface area contributed by atoms with Crippen molar-refractivity contribution in [2.45, 2.75) is 31.5 Å². The average Bonchev–Trinajstić information content (AvgIpc) is 2.84. The Morgan fingerprint density at radius 3 is 2.86 bits per heavy atom. The van der Waals surface area contributed by atoms with Crippen LogP contribution in [0, 0.1) is 0 Å². The zero-order valence-electron chi connectivity index (χ0n) is 12.3. The second-order valence-corrected chi connectivity index (χ2v) is 6.39. The summed E-state index contributed by atoms with van der Waals surface area (Å²) < 4.78 is 11.8. The lowest BCUT2D eigenvalue weighted by atomic mass is 9.95. The second kappa shape index (κ2) is 4.96. The van der Waals surface area contributed by atoms with Crippen molar-refractivity contribution in [1.29, 1.82) is 0 Å². The number of aromatic carboxylic acids is 1. The van der Waals surface area contributed by atoms with E-state index in [0.717, 1.165) is 6.42 Å². The summed E-state index contributed by atoms with van der Waals surface area (Å²) in [4.78, 5) is 17.4. The molecule has 2 saturated heterocycles. The van der Waals surface area contributed by atoms with Gasteiger partial charge in [0, 0.05) is 19.6 Å². The third kappa shape index (κ3) is 2.87. The summed E-state index contributed by atoms with van der Waals surface area (Å²) in [7, 11) is 0. The molecule has 3 heterocycles. The van der Waals surface area contributed by atoms with Crippen LogP contribution in [-0.2, 0) is 9.47 Å². The van der Waals surface area contributed by atoms with Crippen molar-refractivity contribution in [1.82, 2.24) is 4.98 Å². The average molecular weight is 292 g/mol. The quantitative estimate of drug-likeness (QED) is 0.892. The van der Waals surface area contributed by atoms with Gasteiger partial charge in [-0.05, 0) is 26.0 Å². The van der Waals surface area contributed by atoms with E-state index in [1.165, 1.54) is 6.07 Å². The SMILES string of the molecule is CC1(C)CN(c2cccc(C(=O)O)n2)CC2(CCOC2)O1. The summed E-state index contributed by atoms with van der Waals surface area (Å²) in [5.74, 6) is -0.333. The largest absolute Gasteiger partial charge is 0.477 e. The van der Waals surface area contributed by atoms with Gasteiger partial charge in [-0.15, -0.1) is 0 Å². The van der Waals surface area contributed by atoms with Crippen LogP contribution in [0.3, 0.4) is 0 Å². The molecule has 2 fully saturated rings. The van der Waals surface area contributed by atoms with Crippen LogP contribution in [0.15, 0.2) is 18.2 Å². The number of ether oxygens (including phenoxy) is 2. The minimum absolute atomic E-state index is 0.0634. The van der Waals surface area contributed by atoms with Crippen LogP contribution in [0.25, 0.3) is 0 Å². The van der Waals surface area contributed by atoms with E-state index in [-0.39, 0.29) is 16.9 Å². The number of aromatic nitrogens is 1. The normalized spacial score (nSPS) is 28.0. The van der Waals surface area contributed by atoms with Crippen molar-refractivity contribution in [2.24, 2.45) is 0 Å². The molecule has 1 aromatic heterocycles. The van der Waals surface area contributed by atoms with E-state index < -0.39 is 5.97 Å². The summed E-state index contributed by atoms with van der Waals surface area (Å²) in [6, 6.07) is 5.08. The fourth-order valence-electron chi connectivity index (χ4n) is 3.19. The first-order valence-electron chi connectivity index (χ1n) is 7.12. The van der Waals surface area contributed by atoms with Crippen molar-refractivity contribution in [3.63, 3.8) is 0 Å². The molecule has 1 atom stereocenters. The van der Waals surface area contributed by atoms with Gasteiger partial charge in [0.2, 0.25) is 0 Å². The van der Waals surface area contributed by atoms with Crippen LogP contribution in [0.1, 0.15) is 30.8 Å². The first-order valence-corrected chi connectivity index (χ1v) is 7.12. The molecule has 3 rings (SSSR count). The number of pyridine rings is 1. The fraction of sp³-hybridized carbons (Fsp3) is 0.600. The molecule has 0 saturated carbocycles. The number of carboxylic acids is 1. The molecule has 1 N–H and O–H groups in total. The zero-order chi connectivity index (χ0) is 15.1. The molecule has 1 unspecified atom stereocenters. The highest BCUT2D eigenvalue weighted by Crippen LogP contribution is 2.36. The molecule has 0 radical (unpaired) electrons. The van der Waals surface area contributed by atoms with Crippen LogP contribution in [0.2, 0.25) is 0 Å². The Balaban J connectivity index is 1.90. The molecule has 6 heteroatoms. The molecule has 2 aliphatic heterocycles. The number of rotatable bonds is 2. The van der Waals surface area contributed by atoms with Crippen molar-refractivity contribution in [3.05, 3.63) is 23.9 Å². The second-order valence-electron chi connectivity index (χ2n) is 6.39. The minimum atomic E-state index is -1.01. The topological polar surface area (TPSA) is 71.9 Å². The van der Waals surface area contributed by atoms with E-state index in [4.69, 9.17) is 14.6 Å². The van der Waals surface area contributed by atoms with Gasteiger partial charge in [-0.25, -0.2) is 9.78 Å². The van der Waals surface area contributed by atoms with Crippen molar-refractivity contribution in [2.75, 3.05) is 31.2 Å². The predicted octanol–water partition coefficient (Wildman–Crippen LogP) is 1.55. The van der Waals surface area contributed by atoms with E-state index in [9.17, 15) is 4.79 Å². The molecule has 6 nitrogen and oxygen atoms in total. The maximum atomic E-state index is 11.1. The Bertz CT molecular complexity index is 552. The number of carbonyl (C=O) groups is 1. The minimum Gasteiger partial charge on any atom is -0.477 e. The Hall–Kier alpha value is -1.66. The summed E-state index contributed by atoms with van der Waals surface area (Å²) in [6.45, 7) is 6.70. The molecule has 2 aliphatic rings. The molecule has 0 bridgehead atoms. The highest BCUT2D eigenvalue weighted by Gasteiger charge is 2.47. The standard InChI is InChI=1S/C15H20N2O4/c1-14(2)8-17(9-15(21-14)6-7-20-10-15)12-5-3-4-11(16-12)13(18)19/h3-5H,6-10H2,1-2H3,(H,18,19).